The van der Waals surface area contributed by atoms with Gasteiger partial charge in [-0.3, -0.25) is 4.79 Å². The molecule has 0 aromatic rings. The first kappa shape index (κ1) is 29.2. The molecule has 0 radical (unpaired) electrons. The fourth-order valence-electron chi connectivity index (χ4n) is 4.12. The second-order valence-corrected chi connectivity index (χ2v) is 9.34. The average molecular weight is 424 g/mol. The minimum absolute atomic E-state index is 0.318. The van der Waals surface area contributed by atoms with Gasteiger partial charge in [0.25, 0.3) is 0 Å². The zero-order valence-corrected chi connectivity index (χ0v) is 20.7. The summed E-state index contributed by atoms with van der Waals surface area (Å²) in [6.45, 7) is 2.29. The summed E-state index contributed by atoms with van der Waals surface area (Å²) in [6.07, 6.45) is 29.6. The third kappa shape index (κ3) is 21.9. The maximum absolute atomic E-state index is 10.4. The number of hydrogen-bond donors (Lipinski definition) is 1. The van der Waals surface area contributed by atoms with Crippen molar-refractivity contribution in [2.24, 2.45) is 0 Å². The molecule has 178 valence electrons. The maximum Gasteiger partial charge on any atom is 0.303 e. The van der Waals surface area contributed by atoms with Gasteiger partial charge in [0.05, 0.1) is 0 Å². The molecule has 3 nitrogen and oxygen atoms in total. The Morgan fingerprint density at radius 3 is 1.60 bits per heavy atom. The number of carboxylic acids is 1. The van der Waals surface area contributed by atoms with Crippen molar-refractivity contribution in [1.82, 2.24) is 4.90 Å². The number of unbranched alkanes of at least 4 members (excludes halogenated alkanes) is 14. The van der Waals surface area contributed by atoms with Crippen LogP contribution in [0.15, 0.2) is 12.2 Å². The zero-order chi connectivity index (χ0) is 22.3. The minimum atomic E-state index is -0.670. The fourth-order valence-corrected chi connectivity index (χ4v) is 4.12. The molecule has 0 aliphatic heterocycles. The van der Waals surface area contributed by atoms with Crippen molar-refractivity contribution >= 4 is 5.97 Å². The summed E-state index contributed by atoms with van der Waals surface area (Å²) < 4.78 is 0. The lowest BCUT2D eigenvalue weighted by Crippen LogP contribution is -2.27. The number of hydrogen-bond acceptors (Lipinski definition) is 2. The van der Waals surface area contributed by atoms with Crippen LogP contribution in [0.25, 0.3) is 0 Å². The van der Waals surface area contributed by atoms with Crippen molar-refractivity contribution < 1.29 is 9.90 Å². The number of aliphatic carboxylic acids is 1. The van der Waals surface area contributed by atoms with Crippen molar-refractivity contribution in [3.05, 3.63) is 12.2 Å². The lowest BCUT2D eigenvalue weighted by atomic mass is 9.99. The molecule has 0 saturated carbocycles. The van der Waals surface area contributed by atoms with Crippen molar-refractivity contribution in [2.75, 3.05) is 14.1 Å². The van der Waals surface area contributed by atoms with Crippen LogP contribution in [0.4, 0.5) is 0 Å². The molecule has 1 atom stereocenters. The van der Waals surface area contributed by atoms with Crippen LogP contribution in [0, 0.1) is 0 Å². The van der Waals surface area contributed by atoms with Crippen LogP contribution in [0.3, 0.4) is 0 Å². The Balaban J connectivity index is 3.44. The largest absolute Gasteiger partial charge is 0.481 e. The SMILES string of the molecule is CCCCCCCCC(CCCCCCCC/C=C\CCCCCC(=O)O)N(C)C. The Bertz CT molecular complexity index is 392. The third-order valence-electron chi connectivity index (χ3n) is 6.21. The van der Waals surface area contributed by atoms with Crippen LogP contribution in [-0.2, 0) is 4.79 Å². The number of allylic oxidation sites excluding steroid dienone is 2. The Morgan fingerprint density at radius 1 is 0.700 bits per heavy atom. The van der Waals surface area contributed by atoms with E-state index in [-0.39, 0.29) is 0 Å². The predicted octanol–water partition coefficient (Wildman–Crippen LogP) is 8.38. The Hall–Kier alpha value is -0.830. The molecule has 30 heavy (non-hydrogen) atoms. The molecule has 0 aliphatic rings. The topological polar surface area (TPSA) is 40.5 Å². The van der Waals surface area contributed by atoms with E-state index in [1.807, 2.05) is 0 Å². The normalized spacial score (nSPS) is 12.8. The highest BCUT2D eigenvalue weighted by molar-refractivity contribution is 5.66. The van der Waals surface area contributed by atoms with Gasteiger partial charge in [0, 0.05) is 12.5 Å². The first-order valence-corrected chi connectivity index (χ1v) is 13.1. The van der Waals surface area contributed by atoms with Crippen LogP contribution in [0.5, 0.6) is 0 Å². The molecule has 1 unspecified atom stereocenters. The highest BCUT2D eigenvalue weighted by Gasteiger charge is 2.10. The molecule has 0 aromatic heterocycles. The highest BCUT2D eigenvalue weighted by atomic mass is 16.4. The van der Waals surface area contributed by atoms with Crippen LogP contribution in [-0.4, -0.2) is 36.1 Å². The first-order valence-electron chi connectivity index (χ1n) is 13.1. The second-order valence-electron chi connectivity index (χ2n) is 9.34. The average Bonchev–Trinajstić information content (AvgIpc) is 2.71. The van der Waals surface area contributed by atoms with Gasteiger partial charge in [0.1, 0.15) is 0 Å². The van der Waals surface area contributed by atoms with Crippen molar-refractivity contribution in [3.8, 4) is 0 Å². The smallest absolute Gasteiger partial charge is 0.303 e. The zero-order valence-electron chi connectivity index (χ0n) is 20.7. The number of nitrogens with zero attached hydrogens (tertiary/aromatic N) is 1. The van der Waals surface area contributed by atoms with E-state index >= 15 is 0 Å². The Morgan fingerprint density at radius 2 is 1.13 bits per heavy atom. The molecule has 0 spiro atoms. The highest BCUT2D eigenvalue weighted by Crippen LogP contribution is 2.17. The lowest BCUT2D eigenvalue weighted by Gasteiger charge is -2.24. The molecule has 0 aliphatic carbocycles. The summed E-state index contributed by atoms with van der Waals surface area (Å²) in [7, 11) is 4.51. The quantitative estimate of drug-likeness (QED) is 0.132. The summed E-state index contributed by atoms with van der Waals surface area (Å²) in [4.78, 5) is 12.9. The van der Waals surface area contributed by atoms with Gasteiger partial charge in [0.15, 0.2) is 0 Å². The second kappa shape index (κ2) is 22.8. The van der Waals surface area contributed by atoms with Crippen molar-refractivity contribution in [2.45, 2.75) is 141 Å². The van der Waals surface area contributed by atoms with Crippen LogP contribution in [0.2, 0.25) is 0 Å². The molecule has 0 rings (SSSR count). The van der Waals surface area contributed by atoms with E-state index in [1.165, 1.54) is 96.3 Å². The molecule has 3 heteroatoms. The molecule has 0 heterocycles. The van der Waals surface area contributed by atoms with Gasteiger partial charge in [-0.15, -0.1) is 0 Å². The van der Waals surface area contributed by atoms with E-state index < -0.39 is 5.97 Å². The molecule has 0 saturated heterocycles. The van der Waals surface area contributed by atoms with Gasteiger partial charge < -0.3 is 10.0 Å². The van der Waals surface area contributed by atoms with Gasteiger partial charge >= 0.3 is 5.97 Å². The van der Waals surface area contributed by atoms with Crippen LogP contribution >= 0.6 is 0 Å². The molecule has 0 fully saturated rings. The van der Waals surface area contributed by atoms with Crippen LogP contribution < -0.4 is 0 Å². The fraction of sp³-hybridized carbons (Fsp3) is 0.889. The maximum atomic E-state index is 10.4. The van der Waals surface area contributed by atoms with E-state index in [1.54, 1.807) is 0 Å². The van der Waals surface area contributed by atoms with E-state index in [9.17, 15) is 4.79 Å². The molecule has 0 amide bonds. The molecular formula is C27H53NO2. The summed E-state index contributed by atoms with van der Waals surface area (Å²) in [6, 6.07) is 0.783. The predicted molar refractivity (Wildman–Crippen MR) is 132 cm³/mol. The third-order valence-corrected chi connectivity index (χ3v) is 6.21. The molecule has 0 bridgehead atoms. The summed E-state index contributed by atoms with van der Waals surface area (Å²) in [5.41, 5.74) is 0. The summed E-state index contributed by atoms with van der Waals surface area (Å²) in [5.74, 6) is -0.670. The monoisotopic (exact) mass is 423 g/mol. The van der Waals surface area contributed by atoms with Gasteiger partial charge in [-0.2, -0.15) is 0 Å². The van der Waals surface area contributed by atoms with Gasteiger partial charge in [-0.25, -0.2) is 0 Å². The minimum Gasteiger partial charge on any atom is -0.481 e. The van der Waals surface area contributed by atoms with Gasteiger partial charge in [0.2, 0.25) is 0 Å². The Kier molecular flexibility index (Phi) is 22.2. The molecule has 1 N–H and O–H groups in total. The summed E-state index contributed by atoms with van der Waals surface area (Å²) >= 11 is 0. The molecule has 0 aromatic carbocycles. The van der Waals surface area contributed by atoms with E-state index in [2.05, 4.69) is 38.1 Å². The number of carbonyl (C=O) groups is 1. The standard InChI is InChI=1S/C27H53NO2/c1-4-5-6-7-17-20-23-26(28(2)3)24-21-18-15-13-11-9-8-10-12-14-16-19-22-25-27(29)30/h10,12,26H,4-9,11,13-25H2,1-3H3,(H,29,30)/b12-10-. The lowest BCUT2D eigenvalue weighted by molar-refractivity contribution is -0.137. The van der Waals surface area contributed by atoms with E-state index in [4.69, 9.17) is 5.11 Å². The molecular weight excluding hydrogens is 370 g/mol. The first-order chi connectivity index (χ1) is 14.6. The number of carboxylic acid groups (broad SMARTS) is 1. The Labute approximate surface area is 188 Å². The van der Waals surface area contributed by atoms with Gasteiger partial charge in [-0.1, -0.05) is 96.1 Å². The number of rotatable bonds is 23. The van der Waals surface area contributed by atoms with E-state index in [0.29, 0.717) is 6.42 Å². The summed E-state index contributed by atoms with van der Waals surface area (Å²) in [5, 5.41) is 8.60. The van der Waals surface area contributed by atoms with Crippen molar-refractivity contribution in [3.63, 3.8) is 0 Å². The van der Waals surface area contributed by atoms with Crippen LogP contribution in [0.1, 0.15) is 135 Å². The van der Waals surface area contributed by atoms with E-state index in [0.717, 1.165) is 31.7 Å². The van der Waals surface area contributed by atoms with Gasteiger partial charge in [-0.05, 0) is 59.0 Å². The van der Waals surface area contributed by atoms with Crippen molar-refractivity contribution in [1.29, 1.82) is 0 Å².